The molecule has 0 aromatic carbocycles. The first-order valence-corrected chi connectivity index (χ1v) is 5.30. The third-order valence-electron chi connectivity index (χ3n) is 1.59. The summed E-state index contributed by atoms with van der Waals surface area (Å²) in [6.45, 7) is 0.620. The first-order valence-electron chi connectivity index (χ1n) is 3.58. The lowest BCUT2D eigenvalue weighted by Gasteiger charge is -1.86. The van der Waals surface area contributed by atoms with Gasteiger partial charge in [-0.3, -0.25) is 0 Å². The maximum Gasteiger partial charge on any atom is 0.0849 e. The van der Waals surface area contributed by atoms with E-state index in [4.69, 9.17) is 5.73 Å². The Balaban J connectivity index is 2.35. The fourth-order valence-corrected chi connectivity index (χ4v) is 2.27. The molecule has 0 spiro atoms. The van der Waals surface area contributed by atoms with Crippen LogP contribution < -0.4 is 5.73 Å². The van der Waals surface area contributed by atoms with E-state index in [-0.39, 0.29) is 0 Å². The van der Waals surface area contributed by atoms with Gasteiger partial charge in [-0.25, -0.2) is 0 Å². The van der Waals surface area contributed by atoms with Crippen molar-refractivity contribution in [1.29, 1.82) is 0 Å². The van der Waals surface area contributed by atoms with Gasteiger partial charge in [-0.05, 0) is 23.7 Å². The van der Waals surface area contributed by atoms with Crippen LogP contribution in [0.15, 0.2) is 22.9 Å². The highest BCUT2D eigenvalue weighted by molar-refractivity contribution is 7.10. The van der Waals surface area contributed by atoms with Crippen molar-refractivity contribution in [3.63, 3.8) is 0 Å². The van der Waals surface area contributed by atoms with E-state index in [9.17, 15) is 0 Å². The van der Waals surface area contributed by atoms with Crippen LogP contribution in [-0.2, 0) is 6.54 Å². The summed E-state index contributed by atoms with van der Waals surface area (Å²) in [6, 6.07) is 4.12. The van der Waals surface area contributed by atoms with Crippen molar-refractivity contribution in [3.05, 3.63) is 27.8 Å². The fraction of sp³-hybridized carbons (Fsp3) is 0.125. The Morgan fingerprint density at radius 1 is 1.50 bits per heavy atom. The molecule has 2 aromatic heterocycles. The highest BCUT2D eigenvalue weighted by Crippen LogP contribution is 2.24. The number of hydrogen-bond donors (Lipinski definition) is 1. The number of nitrogens with zero attached hydrogens (tertiary/aromatic N) is 1. The van der Waals surface area contributed by atoms with Crippen molar-refractivity contribution in [1.82, 2.24) is 4.37 Å². The smallest absolute Gasteiger partial charge is 0.0849 e. The van der Waals surface area contributed by atoms with Gasteiger partial charge in [-0.2, -0.15) is 4.37 Å². The molecule has 0 fully saturated rings. The molecule has 0 atom stereocenters. The van der Waals surface area contributed by atoms with E-state index in [2.05, 4.69) is 15.8 Å². The van der Waals surface area contributed by atoms with Crippen LogP contribution in [0.5, 0.6) is 0 Å². The SMILES string of the molecule is NCc1cc(-c2ccsn2)cs1. The van der Waals surface area contributed by atoms with Gasteiger partial charge in [-0.1, -0.05) is 0 Å². The largest absolute Gasteiger partial charge is 0.326 e. The van der Waals surface area contributed by atoms with Gasteiger partial charge < -0.3 is 5.73 Å². The van der Waals surface area contributed by atoms with Crippen LogP contribution in [-0.4, -0.2) is 4.37 Å². The van der Waals surface area contributed by atoms with E-state index >= 15 is 0 Å². The highest BCUT2D eigenvalue weighted by Gasteiger charge is 2.02. The molecule has 0 bridgehead atoms. The van der Waals surface area contributed by atoms with Crippen molar-refractivity contribution in [2.24, 2.45) is 5.73 Å². The van der Waals surface area contributed by atoms with E-state index < -0.39 is 0 Å². The van der Waals surface area contributed by atoms with E-state index in [1.807, 2.05) is 11.4 Å². The molecule has 0 saturated carbocycles. The van der Waals surface area contributed by atoms with Gasteiger partial charge >= 0.3 is 0 Å². The monoisotopic (exact) mass is 196 g/mol. The summed E-state index contributed by atoms with van der Waals surface area (Å²) in [7, 11) is 0. The minimum atomic E-state index is 0.620. The number of rotatable bonds is 2. The van der Waals surface area contributed by atoms with Crippen LogP contribution in [0.1, 0.15) is 4.88 Å². The number of nitrogens with two attached hydrogens (primary N) is 1. The average Bonchev–Trinajstić information content (AvgIpc) is 2.75. The predicted octanol–water partition coefficient (Wildman–Crippen LogP) is 2.33. The zero-order chi connectivity index (χ0) is 8.39. The second-order valence-electron chi connectivity index (χ2n) is 2.39. The zero-order valence-corrected chi connectivity index (χ0v) is 7.99. The van der Waals surface area contributed by atoms with E-state index in [1.165, 1.54) is 22.0 Å². The van der Waals surface area contributed by atoms with Crippen molar-refractivity contribution >= 4 is 22.9 Å². The standard InChI is InChI=1S/C8H8N2S2/c9-4-7-3-6(5-11-7)8-1-2-12-10-8/h1-3,5H,4,9H2. The molecule has 0 saturated heterocycles. The van der Waals surface area contributed by atoms with Crippen molar-refractivity contribution in [2.45, 2.75) is 6.54 Å². The summed E-state index contributed by atoms with van der Waals surface area (Å²) >= 11 is 3.16. The molecule has 0 amide bonds. The first-order chi connectivity index (χ1) is 5.90. The Labute approximate surface area is 78.8 Å². The minimum Gasteiger partial charge on any atom is -0.326 e. The molecule has 2 nitrogen and oxygen atoms in total. The Hall–Kier alpha value is -0.710. The Morgan fingerprint density at radius 3 is 3.00 bits per heavy atom. The van der Waals surface area contributed by atoms with Crippen molar-refractivity contribution in [2.75, 3.05) is 0 Å². The number of hydrogen-bond acceptors (Lipinski definition) is 4. The van der Waals surface area contributed by atoms with E-state index in [0.717, 1.165) is 5.69 Å². The van der Waals surface area contributed by atoms with Crippen LogP contribution in [0.4, 0.5) is 0 Å². The summed E-state index contributed by atoms with van der Waals surface area (Å²) in [5.41, 5.74) is 7.74. The second-order valence-corrected chi connectivity index (χ2v) is 4.05. The minimum absolute atomic E-state index is 0.620. The molecule has 0 aliphatic heterocycles. The molecule has 12 heavy (non-hydrogen) atoms. The maximum absolute atomic E-state index is 5.51. The van der Waals surface area contributed by atoms with Gasteiger partial charge in [0.2, 0.25) is 0 Å². The van der Waals surface area contributed by atoms with Crippen LogP contribution >= 0.6 is 22.9 Å². The topological polar surface area (TPSA) is 38.9 Å². The zero-order valence-electron chi connectivity index (χ0n) is 6.36. The third kappa shape index (κ3) is 1.41. The quantitative estimate of drug-likeness (QED) is 0.800. The summed E-state index contributed by atoms with van der Waals surface area (Å²) < 4.78 is 4.24. The van der Waals surface area contributed by atoms with Crippen LogP contribution in [0.3, 0.4) is 0 Å². The lowest BCUT2D eigenvalue weighted by Crippen LogP contribution is -1.91. The fourth-order valence-electron chi connectivity index (χ4n) is 0.983. The lowest BCUT2D eigenvalue weighted by atomic mass is 10.2. The van der Waals surface area contributed by atoms with Crippen LogP contribution in [0.2, 0.25) is 0 Å². The molecule has 2 rings (SSSR count). The number of thiophene rings is 1. The molecule has 4 heteroatoms. The van der Waals surface area contributed by atoms with Crippen LogP contribution in [0.25, 0.3) is 11.3 Å². The Kier molecular flexibility index (Phi) is 2.21. The Morgan fingerprint density at radius 2 is 2.42 bits per heavy atom. The van der Waals surface area contributed by atoms with E-state index in [0.29, 0.717) is 6.54 Å². The molecule has 0 radical (unpaired) electrons. The first kappa shape index (κ1) is 7.91. The number of aromatic nitrogens is 1. The summed E-state index contributed by atoms with van der Waals surface area (Å²) in [4.78, 5) is 1.21. The molecule has 62 valence electrons. The summed E-state index contributed by atoms with van der Waals surface area (Å²) in [5.74, 6) is 0. The predicted molar refractivity (Wildman–Crippen MR) is 53.3 cm³/mol. The molecule has 2 heterocycles. The Bertz CT molecular complexity index is 351. The molecule has 2 N–H and O–H groups in total. The van der Waals surface area contributed by atoms with Crippen LogP contribution in [0, 0.1) is 0 Å². The van der Waals surface area contributed by atoms with Gasteiger partial charge in [0.1, 0.15) is 0 Å². The average molecular weight is 196 g/mol. The normalized spacial score (nSPS) is 10.4. The molecular formula is C8H8N2S2. The van der Waals surface area contributed by atoms with Gasteiger partial charge in [-0.15, -0.1) is 11.3 Å². The second kappa shape index (κ2) is 3.35. The summed E-state index contributed by atoms with van der Waals surface area (Å²) in [6.07, 6.45) is 0. The lowest BCUT2D eigenvalue weighted by molar-refractivity contribution is 1.11. The van der Waals surface area contributed by atoms with Gasteiger partial charge in [0.25, 0.3) is 0 Å². The van der Waals surface area contributed by atoms with Crippen molar-refractivity contribution < 1.29 is 0 Å². The van der Waals surface area contributed by atoms with Gasteiger partial charge in [0.05, 0.1) is 5.69 Å². The molecular weight excluding hydrogens is 188 g/mol. The van der Waals surface area contributed by atoms with Gasteiger partial charge in [0.15, 0.2) is 0 Å². The molecule has 0 aliphatic rings. The van der Waals surface area contributed by atoms with Crippen molar-refractivity contribution in [3.8, 4) is 11.3 Å². The van der Waals surface area contributed by atoms with E-state index in [1.54, 1.807) is 11.3 Å². The van der Waals surface area contributed by atoms with Gasteiger partial charge in [0, 0.05) is 27.7 Å². The highest BCUT2D eigenvalue weighted by atomic mass is 32.1. The summed E-state index contributed by atoms with van der Waals surface area (Å²) in [5, 5.41) is 4.08. The third-order valence-corrected chi connectivity index (χ3v) is 3.11. The maximum atomic E-state index is 5.51. The molecule has 0 unspecified atom stereocenters. The molecule has 2 aromatic rings. The molecule has 0 aliphatic carbocycles.